The molecule has 0 spiro atoms. The van der Waals surface area contributed by atoms with Crippen LogP contribution in [0.25, 0.3) is 5.57 Å². The summed E-state index contributed by atoms with van der Waals surface area (Å²) in [6.45, 7) is 3.80. The highest BCUT2D eigenvalue weighted by Gasteiger charge is 2.40. The number of hydrogen-bond acceptors (Lipinski definition) is 6. The summed E-state index contributed by atoms with van der Waals surface area (Å²) in [4.78, 5) is 38.7. The number of nitro groups is 1. The number of aryl methyl sites for hydroxylation is 2. The van der Waals surface area contributed by atoms with Gasteiger partial charge in [0.25, 0.3) is 17.5 Å². The van der Waals surface area contributed by atoms with E-state index in [2.05, 4.69) is 0 Å². The number of benzene rings is 2. The fraction of sp³-hybridized carbons (Fsp3) is 0.130. The highest BCUT2D eigenvalue weighted by atomic mass is 32.2. The third-order valence-electron chi connectivity index (χ3n) is 4.81. The molecule has 4 rings (SSSR count). The van der Waals surface area contributed by atoms with Crippen LogP contribution in [0.15, 0.2) is 70.2 Å². The van der Waals surface area contributed by atoms with Gasteiger partial charge in [0.2, 0.25) is 0 Å². The van der Waals surface area contributed by atoms with E-state index in [1.165, 1.54) is 40.9 Å². The Balaban J connectivity index is 1.77. The maximum absolute atomic E-state index is 13.4. The van der Waals surface area contributed by atoms with Gasteiger partial charge >= 0.3 is 0 Å². The lowest BCUT2D eigenvalue weighted by Crippen LogP contribution is -2.31. The van der Waals surface area contributed by atoms with Gasteiger partial charge in [-0.15, -0.1) is 11.8 Å². The van der Waals surface area contributed by atoms with Crippen LogP contribution >= 0.6 is 11.8 Å². The molecule has 31 heavy (non-hydrogen) atoms. The molecule has 1 aliphatic rings. The van der Waals surface area contributed by atoms with Crippen molar-refractivity contribution in [2.24, 2.45) is 0 Å². The number of furan rings is 1. The van der Waals surface area contributed by atoms with E-state index in [0.29, 0.717) is 22.8 Å². The third-order valence-corrected chi connectivity index (χ3v) is 5.91. The fourth-order valence-electron chi connectivity index (χ4n) is 3.50. The number of amides is 2. The smallest absolute Gasteiger partial charge is 0.272 e. The van der Waals surface area contributed by atoms with E-state index in [1.54, 1.807) is 30.5 Å². The van der Waals surface area contributed by atoms with Gasteiger partial charge in [-0.3, -0.25) is 19.7 Å². The highest BCUT2D eigenvalue weighted by molar-refractivity contribution is 8.03. The van der Waals surface area contributed by atoms with Crippen LogP contribution in [0, 0.1) is 24.0 Å². The molecule has 156 valence electrons. The van der Waals surface area contributed by atoms with Crippen LogP contribution in [-0.2, 0) is 15.3 Å². The topological polar surface area (TPSA) is 93.7 Å². The van der Waals surface area contributed by atoms with Crippen molar-refractivity contribution in [1.82, 2.24) is 0 Å². The fourth-order valence-corrected chi connectivity index (χ4v) is 4.52. The summed E-state index contributed by atoms with van der Waals surface area (Å²) in [5.74, 6) is 0.176. The van der Waals surface area contributed by atoms with Crippen molar-refractivity contribution in [2.75, 3.05) is 4.90 Å². The Morgan fingerprint density at radius 2 is 1.68 bits per heavy atom. The Bertz CT molecular complexity index is 1190. The second kappa shape index (κ2) is 8.23. The largest absolute Gasteiger partial charge is 0.468 e. The number of nitrogens with zero attached hydrogens (tertiary/aromatic N) is 2. The first-order valence-corrected chi connectivity index (χ1v) is 10.4. The monoisotopic (exact) mass is 434 g/mol. The Labute approximate surface area is 182 Å². The van der Waals surface area contributed by atoms with Gasteiger partial charge in [-0.25, -0.2) is 4.90 Å². The summed E-state index contributed by atoms with van der Waals surface area (Å²) in [5.41, 5.74) is 2.97. The molecule has 2 heterocycles. The zero-order chi connectivity index (χ0) is 22.1. The van der Waals surface area contributed by atoms with E-state index >= 15 is 0 Å². The van der Waals surface area contributed by atoms with E-state index in [1.807, 2.05) is 19.9 Å². The van der Waals surface area contributed by atoms with E-state index in [9.17, 15) is 19.7 Å². The maximum atomic E-state index is 13.4. The van der Waals surface area contributed by atoms with Gasteiger partial charge in [-0.1, -0.05) is 6.07 Å². The van der Waals surface area contributed by atoms with Crippen molar-refractivity contribution >= 4 is 40.5 Å². The molecule has 1 aromatic heterocycles. The molecule has 0 saturated carbocycles. The molecule has 0 radical (unpaired) electrons. The average molecular weight is 434 g/mol. The normalized spacial score (nSPS) is 13.9. The van der Waals surface area contributed by atoms with Crippen molar-refractivity contribution in [1.29, 1.82) is 0 Å². The van der Waals surface area contributed by atoms with Gasteiger partial charge in [-0.05, 0) is 66.9 Å². The van der Waals surface area contributed by atoms with Crippen LogP contribution in [-0.4, -0.2) is 16.7 Å². The predicted molar refractivity (Wildman–Crippen MR) is 118 cm³/mol. The van der Waals surface area contributed by atoms with Crippen LogP contribution < -0.4 is 4.90 Å². The van der Waals surface area contributed by atoms with Crippen LogP contribution in [0.5, 0.6) is 0 Å². The molecule has 3 aromatic rings. The summed E-state index contributed by atoms with van der Waals surface area (Å²) in [6.07, 6.45) is 1.55. The number of rotatable bonds is 6. The van der Waals surface area contributed by atoms with Gasteiger partial charge in [0, 0.05) is 12.1 Å². The summed E-state index contributed by atoms with van der Waals surface area (Å²) < 4.78 is 5.35. The summed E-state index contributed by atoms with van der Waals surface area (Å²) in [6, 6.07) is 14.7. The average Bonchev–Trinajstić information content (AvgIpc) is 3.31. The Kier molecular flexibility index (Phi) is 5.48. The number of imide groups is 1. The molecule has 8 heteroatoms. The molecule has 0 fully saturated rings. The molecule has 2 amide bonds. The Morgan fingerprint density at radius 3 is 2.26 bits per heavy atom. The molecular weight excluding hydrogens is 416 g/mol. The summed E-state index contributed by atoms with van der Waals surface area (Å²) in [7, 11) is 0. The van der Waals surface area contributed by atoms with E-state index < -0.39 is 16.7 Å². The molecule has 0 bridgehead atoms. The summed E-state index contributed by atoms with van der Waals surface area (Å²) in [5, 5.41) is 11.0. The third kappa shape index (κ3) is 4.02. The number of carbonyl (C=O) groups is 2. The number of non-ortho nitro benzene ring substituents is 1. The van der Waals surface area contributed by atoms with Gasteiger partial charge in [0.1, 0.15) is 5.76 Å². The Hall–Kier alpha value is -3.65. The first-order chi connectivity index (χ1) is 14.8. The Morgan fingerprint density at radius 1 is 1.00 bits per heavy atom. The highest BCUT2D eigenvalue weighted by Crippen LogP contribution is 2.40. The molecule has 7 nitrogen and oxygen atoms in total. The lowest BCUT2D eigenvalue weighted by molar-refractivity contribution is -0.384. The minimum atomic E-state index is -0.506. The molecule has 0 atom stereocenters. The molecule has 1 aliphatic heterocycles. The second-order valence-electron chi connectivity index (χ2n) is 7.17. The van der Waals surface area contributed by atoms with Crippen molar-refractivity contribution < 1.29 is 18.9 Å². The number of thioether (sulfide) groups is 1. The first-order valence-electron chi connectivity index (χ1n) is 9.46. The number of hydrogen-bond donors (Lipinski definition) is 0. The van der Waals surface area contributed by atoms with Crippen LogP contribution in [0.1, 0.15) is 22.5 Å². The van der Waals surface area contributed by atoms with Crippen LogP contribution in [0.4, 0.5) is 11.4 Å². The van der Waals surface area contributed by atoms with Gasteiger partial charge in [0.15, 0.2) is 0 Å². The van der Waals surface area contributed by atoms with E-state index in [4.69, 9.17) is 4.42 Å². The quantitative estimate of drug-likeness (QED) is 0.307. The zero-order valence-corrected chi connectivity index (χ0v) is 17.6. The van der Waals surface area contributed by atoms with E-state index in [0.717, 1.165) is 11.1 Å². The molecule has 0 N–H and O–H groups in total. The van der Waals surface area contributed by atoms with Gasteiger partial charge < -0.3 is 4.42 Å². The number of anilines is 1. The van der Waals surface area contributed by atoms with Crippen LogP contribution in [0.3, 0.4) is 0 Å². The molecule has 0 aliphatic carbocycles. The first kappa shape index (κ1) is 20.6. The second-order valence-corrected chi connectivity index (χ2v) is 8.15. The minimum Gasteiger partial charge on any atom is -0.468 e. The van der Waals surface area contributed by atoms with Crippen molar-refractivity contribution in [3.05, 3.63) is 98.3 Å². The lowest BCUT2D eigenvalue weighted by Gasteiger charge is -2.16. The van der Waals surface area contributed by atoms with Crippen molar-refractivity contribution in [2.45, 2.75) is 19.6 Å². The van der Waals surface area contributed by atoms with Gasteiger partial charge in [0.05, 0.1) is 33.1 Å². The zero-order valence-electron chi connectivity index (χ0n) is 16.8. The number of nitro benzene ring substituents is 1. The predicted octanol–water partition coefficient (Wildman–Crippen LogP) is 5.02. The lowest BCUT2D eigenvalue weighted by atomic mass is 10.1. The van der Waals surface area contributed by atoms with Crippen molar-refractivity contribution in [3.8, 4) is 0 Å². The number of carbonyl (C=O) groups excluding carboxylic acids is 2. The molecular formula is C23H18N2O5S. The standard InChI is InChI=1S/C23H18N2O5S/c1-14-10-15(2)12-18(11-14)24-22(26)20(16-5-7-17(8-6-16)25(28)29)21(23(24)27)31-13-19-4-3-9-30-19/h3-12H,13H2,1-2H3. The van der Waals surface area contributed by atoms with Gasteiger partial charge in [-0.2, -0.15) is 0 Å². The SMILES string of the molecule is Cc1cc(C)cc(N2C(=O)C(SCc3ccco3)=C(c3ccc([N+](=O)[O-])cc3)C2=O)c1. The molecule has 2 aromatic carbocycles. The summed E-state index contributed by atoms with van der Waals surface area (Å²) >= 11 is 1.21. The maximum Gasteiger partial charge on any atom is 0.272 e. The van der Waals surface area contributed by atoms with Crippen LogP contribution in [0.2, 0.25) is 0 Å². The minimum absolute atomic E-state index is 0.0860. The van der Waals surface area contributed by atoms with E-state index in [-0.39, 0.29) is 16.2 Å². The van der Waals surface area contributed by atoms with Crippen molar-refractivity contribution in [3.63, 3.8) is 0 Å². The molecule has 0 saturated heterocycles. The molecule has 0 unspecified atom stereocenters.